The summed E-state index contributed by atoms with van der Waals surface area (Å²) in [6.07, 6.45) is 1.24. The zero-order chi connectivity index (χ0) is 12.7. The van der Waals surface area contributed by atoms with E-state index < -0.39 is 0 Å². The summed E-state index contributed by atoms with van der Waals surface area (Å²) in [7, 11) is 2.17. The fourth-order valence-electron chi connectivity index (χ4n) is 1.74. The van der Waals surface area contributed by atoms with Crippen LogP contribution in [0, 0.1) is 5.92 Å². The summed E-state index contributed by atoms with van der Waals surface area (Å²) >= 11 is 5.92. The van der Waals surface area contributed by atoms with E-state index in [4.69, 9.17) is 11.6 Å². The highest BCUT2D eigenvalue weighted by Gasteiger charge is 2.03. The molecule has 0 amide bonds. The maximum Gasteiger partial charge on any atom is 0.0426 e. The minimum Gasteiger partial charge on any atom is -0.384 e. The first kappa shape index (κ1) is 14.3. The Hall–Kier alpha value is -0.730. The molecule has 1 N–H and O–H groups in total. The third kappa shape index (κ3) is 5.94. The quantitative estimate of drug-likeness (QED) is 0.798. The van der Waals surface area contributed by atoms with Crippen molar-refractivity contribution in [3.8, 4) is 0 Å². The molecule has 0 bridgehead atoms. The Balaban J connectivity index is 2.23. The molecule has 1 atom stereocenters. The number of hydrogen-bond acceptors (Lipinski definition) is 2. The molecule has 0 aromatic heterocycles. The summed E-state index contributed by atoms with van der Waals surface area (Å²) in [4.78, 5) is 2.37. The SMILES string of the molecule is CCC(C)CN(C)CCNc1cccc(Cl)c1. The lowest BCUT2D eigenvalue weighted by Gasteiger charge is -2.20. The van der Waals surface area contributed by atoms with Crippen LogP contribution in [-0.2, 0) is 0 Å². The van der Waals surface area contributed by atoms with Gasteiger partial charge >= 0.3 is 0 Å². The predicted octanol–water partition coefficient (Wildman–Crippen LogP) is 3.73. The second-order valence-electron chi connectivity index (χ2n) is 4.71. The number of hydrogen-bond donors (Lipinski definition) is 1. The Morgan fingerprint density at radius 1 is 1.41 bits per heavy atom. The Bertz CT molecular complexity index is 328. The van der Waals surface area contributed by atoms with Crippen molar-refractivity contribution in [3.05, 3.63) is 29.3 Å². The highest BCUT2D eigenvalue weighted by molar-refractivity contribution is 6.30. The molecule has 0 fully saturated rings. The Morgan fingerprint density at radius 2 is 2.18 bits per heavy atom. The fraction of sp³-hybridized carbons (Fsp3) is 0.571. The summed E-state index contributed by atoms with van der Waals surface area (Å²) in [5.41, 5.74) is 1.09. The maximum absolute atomic E-state index is 5.92. The molecular formula is C14H23ClN2. The monoisotopic (exact) mass is 254 g/mol. The first-order chi connectivity index (χ1) is 8.11. The number of nitrogens with zero attached hydrogens (tertiary/aromatic N) is 1. The average Bonchev–Trinajstić information content (AvgIpc) is 2.29. The minimum absolute atomic E-state index is 0.770. The van der Waals surface area contributed by atoms with Crippen molar-refractivity contribution < 1.29 is 0 Å². The van der Waals surface area contributed by atoms with Crippen molar-refractivity contribution >= 4 is 17.3 Å². The van der Waals surface area contributed by atoms with E-state index in [1.54, 1.807) is 0 Å². The molecule has 96 valence electrons. The largest absolute Gasteiger partial charge is 0.384 e. The van der Waals surface area contributed by atoms with Crippen LogP contribution in [0.3, 0.4) is 0 Å². The molecule has 0 spiro atoms. The van der Waals surface area contributed by atoms with Crippen LogP contribution in [0.15, 0.2) is 24.3 Å². The van der Waals surface area contributed by atoms with Crippen LogP contribution < -0.4 is 5.32 Å². The average molecular weight is 255 g/mol. The molecule has 2 nitrogen and oxygen atoms in total. The van der Waals surface area contributed by atoms with Gasteiger partial charge in [0.2, 0.25) is 0 Å². The lowest BCUT2D eigenvalue weighted by molar-refractivity contribution is 0.291. The van der Waals surface area contributed by atoms with Gasteiger partial charge in [-0.05, 0) is 31.2 Å². The van der Waals surface area contributed by atoms with Gasteiger partial charge in [0.1, 0.15) is 0 Å². The van der Waals surface area contributed by atoms with E-state index in [2.05, 4.69) is 31.1 Å². The third-order valence-corrected chi connectivity index (χ3v) is 3.20. The number of halogens is 1. The number of anilines is 1. The lowest BCUT2D eigenvalue weighted by Crippen LogP contribution is -2.29. The van der Waals surface area contributed by atoms with Gasteiger partial charge in [-0.2, -0.15) is 0 Å². The normalized spacial score (nSPS) is 12.8. The predicted molar refractivity (Wildman–Crippen MR) is 76.9 cm³/mol. The van der Waals surface area contributed by atoms with E-state index in [9.17, 15) is 0 Å². The second kappa shape index (κ2) is 7.57. The Morgan fingerprint density at radius 3 is 2.82 bits per heavy atom. The molecule has 0 saturated carbocycles. The van der Waals surface area contributed by atoms with E-state index in [1.807, 2.05) is 24.3 Å². The summed E-state index contributed by atoms with van der Waals surface area (Å²) in [5.74, 6) is 0.770. The van der Waals surface area contributed by atoms with E-state index in [-0.39, 0.29) is 0 Å². The molecule has 0 aliphatic heterocycles. The number of rotatable bonds is 7. The highest BCUT2D eigenvalue weighted by Crippen LogP contribution is 2.14. The molecule has 1 aromatic rings. The van der Waals surface area contributed by atoms with Crippen LogP contribution in [0.4, 0.5) is 5.69 Å². The summed E-state index contributed by atoms with van der Waals surface area (Å²) in [6, 6.07) is 7.85. The first-order valence-corrected chi connectivity index (χ1v) is 6.67. The van der Waals surface area contributed by atoms with Crippen molar-refractivity contribution in [1.82, 2.24) is 4.90 Å². The van der Waals surface area contributed by atoms with Crippen LogP contribution in [0.1, 0.15) is 20.3 Å². The standard InChI is InChI=1S/C14H23ClN2/c1-4-12(2)11-17(3)9-8-16-14-7-5-6-13(15)10-14/h5-7,10,12,16H,4,8-9,11H2,1-3H3. The molecule has 0 aliphatic rings. The number of benzene rings is 1. The van der Waals surface area contributed by atoms with Gasteiger partial charge in [0.15, 0.2) is 0 Å². The maximum atomic E-state index is 5.92. The number of likely N-dealkylation sites (N-methyl/N-ethyl adjacent to an activating group) is 1. The zero-order valence-electron chi connectivity index (χ0n) is 11.0. The first-order valence-electron chi connectivity index (χ1n) is 6.29. The molecular weight excluding hydrogens is 232 g/mol. The van der Waals surface area contributed by atoms with Gasteiger partial charge in [-0.25, -0.2) is 0 Å². The van der Waals surface area contributed by atoms with Crippen molar-refractivity contribution in [2.45, 2.75) is 20.3 Å². The molecule has 0 saturated heterocycles. The summed E-state index contributed by atoms with van der Waals surface area (Å²) < 4.78 is 0. The van der Waals surface area contributed by atoms with Gasteiger partial charge < -0.3 is 10.2 Å². The molecule has 3 heteroatoms. The zero-order valence-corrected chi connectivity index (χ0v) is 11.8. The van der Waals surface area contributed by atoms with Crippen LogP contribution in [0.2, 0.25) is 5.02 Å². The van der Waals surface area contributed by atoms with Gasteiger partial charge in [-0.15, -0.1) is 0 Å². The van der Waals surface area contributed by atoms with E-state index in [0.29, 0.717) is 0 Å². The van der Waals surface area contributed by atoms with Crippen LogP contribution in [-0.4, -0.2) is 31.6 Å². The van der Waals surface area contributed by atoms with Crippen molar-refractivity contribution in [3.63, 3.8) is 0 Å². The summed E-state index contributed by atoms with van der Waals surface area (Å²) in [6.45, 7) is 7.70. The molecule has 1 aromatic carbocycles. The van der Waals surface area contributed by atoms with Gasteiger partial charge in [0, 0.05) is 30.3 Å². The third-order valence-electron chi connectivity index (χ3n) is 2.97. The van der Waals surface area contributed by atoms with Gasteiger partial charge in [-0.3, -0.25) is 0 Å². The van der Waals surface area contributed by atoms with Crippen LogP contribution in [0.5, 0.6) is 0 Å². The Labute approximate surface area is 110 Å². The minimum atomic E-state index is 0.770. The van der Waals surface area contributed by atoms with Crippen LogP contribution >= 0.6 is 11.6 Å². The smallest absolute Gasteiger partial charge is 0.0426 e. The van der Waals surface area contributed by atoms with Gasteiger partial charge in [-0.1, -0.05) is 37.9 Å². The molecule has 17 heavy (non-hydrogen) atoms. The highest BCUT2D eigenvalue weighted by atomic mass is 35.5. The number of nitrogens with one attached hydrogen (secondary N) is 1. The molecule has 0 heterocycles. The fourth-order valence-corrected chi connectivity index (χ4v) is 1.93. The topological polar surface area (TPSA) is 15.3 Å². The second-order valence-corrected chi connectivity index (χ2v) is 5.15. The van der Waals surface area contributed by atoms with Crippen molar-refractivity contribution in [2.24, 2.45) is 5.92 Å². The van der Waals surface area contributed by atoms with Crippen molar-refractivity contribution in [2.75, 3.05) is 32.0 Å². The Kier molecular flexibility index (Phi) is 6.38. The lowest BCUT2D eigenvalue weighted by atomic mass is 10.1. The molecule has 0 radical (unpaired) electrons. The van der Waals surface area contributed by atoms with Gasteiger partial charge in [0.25, 0.3) is 0 Å². The van der Waals surface area contributed by atoms with Crippen molar-refractivity contribution in [1.29, 1.82) is 0 Å². The molecule has 0 aliphatic carbocycles. The molecule has 1 rings (SSSR count). The van der Waals surface area contributed by atoms with E-state index >= 15 is 0 Å². The van der Waals surface area contributed by atoms with Gasteiger partial charge in [0.05, 0.1) is 0 Å². The molecule has 1 unspecified atom stereocenters. The van der Waals surface area contributed by atoms with Crippen LogP contribution in [0.25, 0.3) is 0 Å². The van der Waals surface area contributed by atoms with E-state index in [0.717, 1.165) is 36.3 Å². The van der Waals surface area contributed by atoms with E-state index in [1.165, 1.54) is 6.42 Å². The summed E-state index contributed by atoms with van der Waals surface area (Å²) in [5, 5.41) is 4.16.